The van der Waals surface area contributed by atoms with E-state index in [1.807, 2.05) is 12.1 Å². The maximum absolute atomic E-state index is 6.14. The van der Waals surface area contributed by atoms with E-state index in [4.69, 9.17) is 11.6 Å². The van der Waals surface area contributed by atoms with Crippen LogP contribution >= 0.6 is 11.6 Å². The van der Waals surface area contributed by atoms with Crippen LogP contribution in [0.2, 0.25) is 5.15 Å². The van der Waals surface area contributed by atoms with Gasteiger partial charge in [-0.1, -0.05) is 48.9 Å². The Balaban J connectivity index is 2.06. The average molecular weight is 289 g/mol. The third kappa shape index (κ3) is 3.59. The number of rotatable bonds is 5. The summed E-state index contributed by atoms with van der Waals surface area (Å²) in [5.41, 5.74) is 3.68. The Morgan fingerprint density at radius 2 is 1.80 bits per heavy atom. The summed E-state index contributed by atoms with van der Waals surface area (Å²) in [7, 11) is 0. The van der Waals surface area contributed by atoms with E-state index >= 15 is 0 Å². The van der Waals surface area contributed by atoms with Gasteiger partial charge in [0.05, 0.1) is 0 Å². The fourth-order valence-corrected chi connectivity index (χ4v) is 2.61. The lowest BCUT2D eigenvalue weighted by Crippen LogP contribution is -2.22. The number of pyridine rings is 1. The molecule has 0 bridgehead atoms. The van der Waals surface area contributed by atoms with Crippen molar-refractivity contribution in [3.63, 3.8) is 0 Å². The van der Waals surface area contributed by atoms with Crippen LogP contribution in [0.4, 0.5) is 0 Å². The van der Waals surface area contributed by atoms with Crippen molar-refractivity contribution in [2.24, 2.45) is 0 Å². The quantitative estimate of drug-likeness (QED) is 0.806. The molecule has 20 heavy (non-hydrogen) atoms. The zero-order valence-corrected chi connectivity index (χ0v) is 13.0. The fraction of sp³-hybridized carbons (Fsp3) is 0.353. The number of aryl methyl sites for hydroxylation is 1. The van der Waals surface area contributed by atoms with E-state index in [0.29, 0.717) is 5.15 Å². The Kier molecular flexibility index (Phi) is 5.16. The van der Waals surface area contributed by atoms with Gasteiger partial charge in [-0.05, 0) is 37.5 Å². The summed E-state index contributed by atoms with van der Waals surface area (Å²) in [5, 5.41) is 4.14. The molecule has 3 heteroatoms. The van der Waals surface area contributed by atoms with Crippen LogP contribution in [0.3, 0.4) is 0 Å². The third-order valence-electron chi connectivity index (χ3n) is 3.64. The minimum Gasteiger partial charge on any atom is -0.304 e. The highest BCUT2D eigenvalue weighted by Crippen LogP contribution is 2.23. The molecule has 0 aliphatic heterocycles. The van der Waals surface area contributed by atoms with Gasteiger partial charge in [0.2, 0.25) is 0 Å². The second kappa shape index (κ2) is 6.87. The molecule has 0 fully saturated rings. The zero-order chi connectivity index (χ0) is 14.5. The topological polar surface area (TPSA) is 24.9 Å². The Morgan fingerprint density at radius 1 is 1.10 bits per heavy atom. The van der Waals surface area contributed by atoms with E-state index < -0.39 is 0 Å². The van der Waals surface area contributed by atoms with Crippen molar-refractivity contribution in [1.29, 1.82) is 0 Å². The number of hydrogen-bond donors (Lipinski definition) is 1. The van der Waals surface area contributed by atoms with Crippen LogP contribution < -0.4 is 5.32 Å². The first kappa shape index (κ1) is 15.0. The Bertz CT molecular complexity index is 551. The Labute approximate surface area is 126 Å². The maximum Gasteiger partial charge on any atom is 0.133 e. The molecule has 106 valence electrons. The van der Waals surface area contributed by atoms with Gasteiger partial charge >= 0.3 is 0 Å². The second-order valence-corrected chi connectivity index (χ2v) is 5.45. The van der Waals surface area contributed by atoms with Crippen LogP contribution in [0.1, 0.15) is 49.5 Å². The van der Waals surface area contributed by atoms with E-state index in [1.54, 1.807) is 6.20 Å². The fourth-order valence-electron chi connectivity index (χ4n) is 2.32. The minimum atomic E-state index is 0.164. The molecule has 0 saturated carbocycles. The van der Waals surface area contributed by atoms with Gasteiger partial charge in [0, 0.05) is 23.8 Å². The molecule has 2 atom stereocenters. The molecular formula is C17H21ClN2. The summed E-state index contributed by atoms with van der Waals surface area (Å²) in [6, 6.07) is 13.1. The zero-order valence-electron chi connectivity index (χ0n) is 12.2. The molecule has 1 heterocycles. The highest BCUT2D eigenvalue weighted by molar-refractivity contribution is 6.30. The molecule has 0 aliphatic carbocycles. The first-order valence-corrected chi connectivity index (χ1v) is 7.45. The van der Waals surface area contributed by atoms with Crippen LogP contribution in [-0.4, -0.2) is 4.98 Å². The van der Waals surface area contributed by atoms with Crippen molar-refractivity contribution in [3.05, 3.63) is 64.4 Å². The van der Waals surface area contributed by atoms with E-state index in [9.17, 15) is 0 Å². The lowest BCUT2D eigenvalue weighted by Gasteiger charge is -2.21. The van der Waals surface area contributed by atoms with Crippen LogP contribution in [0.25, 0.3) is 0 Å². The van der Waals surface area contributed by atoms with E-state index in [2.05, 4.69) is 55.3 Å². The molecular weight excluding hydrogens is 268 g/mol. The van der Waals surface area contributed by atoms with Crippen molar-refractivity contribution in [1.82, 2.24) is 10.3 Å². The van der Waals surface area contributed by atoms with Crippen LogP contribution in [0, 0.1) is 0 Å². The summed E-state index contributed by atoms with van der Waals surface area (Å²) in [6.45, 7) is 6.45. The highest BCUT2D eigenvalue weighted by atomic mass is 35.5. The molecule has 2 nitrogen and oxygen atoms in total. The van der Waals surface area contributed by atoms with Crippen LogP contribution in [0.15, 0.2) is 42.6 Å². The molecule has 0 spiro atoms. The number of aromatic nitrogens is 1. The number of nitrogens with zero attached hydrogens (tertiary/aromatic N) is 1. The monoisotopic (exact) mass is 288 g/mol. The molecule has 1 aromatic heterocycles. The van der Waals surface area contributed by atoms with Crippen molar-refractivity contribution in [3.8, 4) is 0 Å². The third-order valence-corrected chi connectivity index (χ3v) is 3.96. The summed E-state index contributed by atoms with van der Waals surface area (Å²) in [4.78, 5) is 4.13. The van der Waals surface area contributed by atoms with Gasteiger partial charge in [-0.2, -0.15) is 0 Å². The normalized spacial score (nSPS) is 14.0. The molecule has 0 saturated heterocycles. The molecule has 2 aromatic rings. The summed E-state index contributed by atoms with van der Waals surface area (Å²) in [6.07, 6.45) is 2.79. The van der Waals surface area contributed by atoms with Gasteiger partial charge in [-0.3, -0.25) is 0 Å². The van der Waals surface area contributed by atoms with Crippen LogP contribution in [-0.2, 0) is 6.42 Å². The highest BCUT2D eigenvalue weighted by Gasteiger charge is 2.13. The molecule has 0 unspecified atom stereocenters. The number of halogens is 1. The van der Waals surface area contributed by atoms with E-state index in [1.165, 1.54) is 11.1 Å². The smallest absolute Gasteiger partial charge is 0.133 e. The first-order chi connectivity index (χ1) is 9.61. The van der Waals surface area contributed by atoms with Crippen LogP contribution in [0.5, 0.6) is 0 Å². The second-order valence-electron chi connectivity index (χ2n) is 5.09. The molecule has 0 radical (unpaired) electrons. The molecule has 0 amide bonds. The number of benzene rings is 1. The predicted octanol–water partition coefficient (Wildman–Crippen LogP) is 4.71. The molecule has 2 rings (SSSR count). The lowest BCUT2D eigenvalue weighted by molar-refractivity contribution is 0.494. The Hall–Kier alpha value is -1.38. The molecule has 0 aliphatic rings. The van der Waals surface area contributed by atoms with E-state index in [-0.39, 0.29) is 12.1 Å². The van der Waals surface area contributed by atoms with Gasteiger partial charge in [0.15, 0.2) is 0 Å². The number of nitrogens with one attached hydrogen (secondary N) is 1. The lowest BCUT2D eigenvalue weighted by atomic mass is 10.0. The van der Waals surface area contributed by atoms with E-state index in [0.717, 1.165) is 12.0 Å². The molecule has 1 N–H and O–H groups in total. The van der Waals surface area contributed by atoms with Gasteiger partial charge < -0.3 is 5.32 Å². The van der Waals surface area contributed by atoms with Crippen molar-refractivity contribution >= 4 is 11.6 Å². The number of hydrogen-bond acceptors (Lipinski definition) is 2. The van der Waals surface area contributed by atoms with Gasteiger partial charge in [0.25, 0.3) is 0 Å². The van der Waals surface area contributed by atoms with Crippen molar-refractivity contribution in [2.75, 3.05) is 0 Å². The average Bonchev–Trinajstić information content (AvgIpc) is 2.47. The standard InChI is InChI=1S/C17H21ClN2/c1-4-14-7-9-15(10-8-14)12(2)20-13(3)16-6-5-11-19-17(16)18/h5-13,20H,4H2,1-3H3/t12-,13-/m0/s1. The summed E-state index contributed by atoms with van der Waals surface area (Å²) in [5.74, 6) is 0. The molecule has 1 aromatic carbocycles. The SMILES string of the molecule is CCc1ccc([C@H](C)N[C@@H](C)c2cccnc2Cl)cc1. The van der Waals surface area contributed by atoms with Gasteiger partial charge in [0.1, 0.15) is 5.15 Å². The largest absolute Gasteiger partial charge is 0.304 e. The van der Waals surface area contributed by atoms with Crippen molar-refractivity contribution < 1.29 is 0 Å². The van der Waals surface area contributed by atoms with Gasteiger partial charge in [-0.15, -0.1) is 0 Å². The van der Waals surface area contributed by atoms with Crippen molar-refractivity contribution in [2.45, 2.75) is 39.3 Å². The summed E-state index contributed by atoms with van der Waals surface area (Å²) < 4.78 is 0. The predicted molar refractivity (Wildman–Crippen MR) is 85.0 cm³/mol. The minimum absolute atomic E-state index is 0.164. The summed E-state index contributed by atoms with van der Waals surface area (Å²) >= 11 is 6.14. The Morgan fingerprint density at radius 3 is 2.40 bits per heavy atom. The van der Waals surface area contributed by atoms with Gasteiger partial charge in [-0.25, -0.2) is 4.98 Å². The maximum atomic E-state index is 6.14. The first-order valence-electron chi connectivity index (χ1n) is 7.07.